The van der Waals surface area contributed by atoms with Crippen LogP contribution in [-0.4, -0.2) is 29.5 Å². The summed E-state index contributed by atoms with van der Waals surface area (Å²) in [5.74, 6) is 0.866. The van der Waals surface area contributed by atoms with Gasteiger partial charge in [0.1, 0.15) is 11.4 Å². The van der Waals surface area contributed by atoms with E-state index in [1.165, 1.54) is 5.56 Å². The molecule has 142 valence electrons. The van der Waals surface area contributed by atoms with Gasteiger partial charge in [-0.3, -0.25) is 4.79 Å². The fourth-order valence-electron chi connectivity index (χ4n) is 3.47. The smallest absolute Gasteiger partial charge is 0.274 e. The van der Waals surface area contributed by atoms with E-state index in [9.17, 15) is 4.79 Å². The number of aromatic nitrogens is 2. The molecule has 0 unspecified atom stereocenters. The van der Waals surface area contributed by atoms with Crippen LogP contribution in [0.1, 0.15) is 28.2 Å². The molecule has 2 heterocycles. The number of nitrogens with one attached hydrogen (secondary N) is 1. The largest absolute Gasteiger partial charge is 0.495 e. The molecule has 1 aromatic heterocycles. The number of carbonyl (C=O) groups excluding carboxylic acids is 1. The summed E-state index contributed by atoms with van der Waals surface area (Å²) in [6, 6.07) is 17.3. The Morgan fingerprint density at radius 1 is 1.11 bits per heavy atom. The molecule has 0 atom stereocenters. The molecule has 0 saturated carbocycles. The monoisotopic (exact) mass is 374 g/mol. The van der Waals surface area contributed by atoms with Gasteiger partial charge in [-0.25, -0.2) is 9.97 Å². The van der Waals surface area contributed by atoms with Crippen molar-refractivity contribution < 1.29 is 9.53 Å². The molecule has 1 aliphatic rings. The molecule has 6 heteroatoms. The van der Waals surface area contributed by atoms with E-state index in [1.807, 2.05) is 31.2 Å². The SMILES string of the molecule is COc1ccccc1NC(=O)c1cc(C)nc(N2CCCc3ccccc32)n1. The van der Waals surface area contributed by atoms with Crippen LogP contribution in [0.5, 0.6) is 5.75 Å². The predicted molar refractivity (Wildman–Crippen MR) is 109 cm³/mol. The third kappa shape index (κ3) is 3.53. The first-order valence-electron chi connectivity index (χ1n) is 9.31. The third-order valence-corrected chi connectivity index (χ3v) is 4.78. The summed E-state index contributed by atoms with van der Waals surface area (Å²) in [4.78, 5) is 24.1. The number of methoxy groups -OCH3 is 1. The van der Waals surface area contributed by atoms with Crippen LogP contribution in [-0.2, 0) is 6.42 Å². The van der Waals surface area contributed by atoms with Crippen molar-refractivity contribution in [1.29, 1.82) is 0 Å². The predicted octanol–water partition coefficient (Wildman–Crippen LogP) is 4.13. The number of rotatable bonds is 4. The molecular weight excluding hydrogens is 352 g/mol. The second-order valence-electron chi connectivity index (χ2n) is 6.73. The molecule has 0 saturated heterocycles. The van der Waals surface area contributed by atoms with Crippen LogP contribution in [0.4, 0.5) is 17.3 Å². The highest BCUT2D eigenvalue weighted by Crippen LogP contribution is 2.31. The number of aryl methyl sites for hydroxylation is 2. The van der Waals surface area contributed by atoms with Crippen LogP contribution < -0.4 is 15.0 Å². The van der Waals surface area contributed by atoms with Gasteiger partial charge in [0.2, 0.25) is 5.95 Å². The summed E-state index contributed by atoms with van der Waals surface area (Å²) < 4.78 is 5.31. The summed E-state index contributed by atoms with van der Waals surface area (Å²) in [5, 5.41) is 2.88. The highest BCUT2D eigenvalue weighted by molar-refractivity contribution is 6.04. The van der Waals surface area contributed by atoms with E-state index < -0.39 is 0 Å². The highest BCUT2D eigenvalue weighted by Gasteiger charge is 2.22. The molecule has 0 bridgehead atoms. The van der Waals surface area contributed by atoms with Gasteiger partial charge in [-0.1, -0.05) is 30.3 Å². The number of benzene rings is 2. The maximum atomic E-state index is 12.8. The van der Waals surface area contributed by atoms with Crippen LogP contribution in [0.25, 0.3) is 0 Å². The van der Waals surface area contributed by atoms with Crippen molar-refractivity contribution in [1.82, 2.24) is 9.97 Å². The van der Waals surface area contributed by atoms with Gasteiger partial charge < -0.3 is 15.0 Å². The zero-order valence-corrected chi connectivity index (χ0v) is 16.0. The van der Waals surface area contributed by atoms with E-state index in [0.717, 1.165) is 30.8 Å². The molecule has 4 rings (SSSR count). The van der Waals surface area contributed by atoms with Crippen molar-refractivity contribution in [3.8, 4) is 5.75 Å². The maximum absolute atomic E-state index is 12.8. The Labute approximate surface area is 164 Å². The van der Waals surface area contributed by atoms with Gasteiger partial charge in [0.25, 0.3) is 5.91 Å². The number of hydrogen-bond donors (Lipinski definition) is 1. The molecule has 0 fully saturated rings. The van der Waals surface area contributed by atoms with Crippen molar-refractivity contribution in [3.05, 3.63) is 71.5 Å². The topological polar surface area (TPSA) is 67.3 Å². The summed E-state index contributed by atoms with van der Waals surface area (Å²) in [6.07, 6.45) is 2.07. The van der Waals surface area contributed by atoms with E-state index in [4.69, 9.17) is 4.74 Å². The lowest BCUT2D eigenvalue weighted by Gasteiger charge is -2.29. The summed E-state index contributed by atoms with van der Waals surface area (Å²) in [7, 11) is 1.58. The van der Waals surface area contributed by atoms with E-state index in [1.54, 1.807) is 25.3 Å². The second kappa shape index (κ2) is 7.68. The van der Waals surface area contributed by atoms with Crippen LogP contribution in [0.3, 0.4) is 0 Å². The summed E-state index contributed by atoms with van der Waals surface area (Å²) >= 11 is 0. The van der Waals surface area contributed by atoms with E-state index in [-0.39, 0.29) is 5.91 Å². The molecule has 0 aliphatic carbocycles. The molecular formula is C22H22N4O2. The molecule has 28 heavy (non-hydrogen) atoms. The van der Waals surface area contributed by atoms with Gasteiger partial charge in [-0.05, 0) is 49.6 Å². The van der Waals surface area contributed by atoms with Crippen molar-refractivity contribution in [2.24, 2.45) is 0 Å². The number of anilines is 3. The number of fused-ring (bicyclic) bond motifs is 1. The Morgan fingerprint density at radius 3 is 2.75 bits per heavy atom. The van der Waals surface area contributed by atoms with Crippen molar-refractivity contribution in [3.63, 3.8) is 0 Å². The first kappa shape index (κ1) is 18.0. The number of nitrogens with zero attached hydrogens (tertiary/aromatic N) is 3. The molecule has 2 aromatic carbocycles. The van der Waals surface area contributed by atoms with Gasteiger partial charge in [-0.15, -0.1) is 0 Å². The minimum Gasteiger partial charge on any atom is -0.495 e. The number of para-hydroxylation sites is 3. The minimum atomic E-state index is -0.290. The number of ether oxygens (including phenoxy) is 1. The lowest BCUT2D eigenvalue weighted by molar-refractivity contribution is 0.102. The first-order valence-corrected chi connectivity index (χ1v) is 9.31. The zero-order valence-electron chi connectivity index (χ0n) is 16.0. The first-order chi connectivity index (χ1) is 13.7. The van der Waals surface area contributed by atoms with E-state index in [0.29, 0.717) is 23.1 Å². The fraction of sp³-hybridized carbons (Fsp3) is 0.227. The summed E-state index contributed by atoms with van der Waals surface area (Å²) in [6.45, 7) is 2.70. The van der Waals surface area contributed by atoms with E-state index in [2.05, 4.69) is 32.3 Å². The van der Waals surface area contributed by atoms with Crippen molar-refractivity contribution in [2.75, 3.05) is 23.9 Å². The van der Waals surface area contributed by atoms with Crippen LogP contribution in [0.15, 0.2) is 54.6 Å². The normalized spacial score (nSPS) is 13.0. The second-order valence-corrected chi connectivity index (χ2v) is 6.73. The fourth-order valence-corrected chi connectivity index (χ4v) is 3.47. The van der Waals surface area contributed by atoms with Gasteiger partial charge in [0, 0.05) is 17.9 Å². The van der Waals surface area contributed by atoms with E-state index >= 15 is 0 Å². The molecule has 6 nitrogen and oxygen atoms in total. The third-order valence-electron chi connectivity index (χ3n) is 4.78. The van der Waals surface area contributed by atoms with Crippen molar-refractivity contribution >= 4 is 23.2 Å². The van der Waals surface area contributed by atoms with Gasteiger partial charge in [-0.2, -0.15) is 0 Å². The maximum Gasteiger partial charge on any atom is 0.274 e. The lowest BCUT2D eigenvalue weighted by atomic mass is 10.0. The average Bonchev–Trinajstić information content (AvgIpc) is 2.73. The lowest BCUT2D eigenvalue weighted by Crippen LogP contribution is -2.27. The molecule has 1 N–H and O–H groups in total. The Bertz CT molecular complexity index is 1020. The minimum absolute atomic E-state index is 0.290. The number of amides is 1. The number of carbonyl (C=O) groups is 1. The Hall–Kier alpha value is -3.41. The van der Waals surface area contributed by atoms with Crippen LogP contribution >= 0.6 is 0 Å². The molecule has 3 aromatic rings. The Balaban J connectivity index is 1.66. The molecule has 1 aliphatic heterocycles. The highest BCUT2D eigenvalue weighted by atomic mass is 16.5. The zero-order chi connectivity index (χ0) is 19.5. The molecule has 0 spiro atoms. The van der Waals surface area contributed by atoms with Gasteiger partial charge in [0.05, 0.1) is 12.8 Å². The standard InChI is InChI=1S/C22H22N4O2/c1-15-14-18(21(27)24-17-10-4-6-12-20(17)28-2)25-22(23-15)26-13-7-9-16-8-3-5-11-19(16)26/h3-6,8,10-12,14H,7,9,13H2,1-2H3,(H,24,27). The number of hydrogen-bond acceptors (Lipinski definition) is 5. The van der Waals surface area contributed by atoms with Crippen LogP contribution in [0, 0.1) is 6.92 Å². The van der Waals surface area contributed by atoms with Crippen molar-refractivity contribution in [2.45, 2.75) is 19.8 Å². The molecule has 1 amide bonds. The van der Waals surface area contributed by atoms with Crippen LogP contribution in [0.2, 0.25) is 0 Å². The van der Waals surface area contributed by atoms with Gasteiger partial charge >= 0.3 is 0 Å². The quantitative estimate of drug-likeness (QED) is 0.744. The Kier molecular flexibility index (Phi) is 4.93. The summed E-state index contributed by atoms with van der Waals surface area (Å²) in [5.41, 5.74) is 4.07. The van der Waals surface area contributed by atoms with Gasteiger partial charge in [0.15, 0.2) is 0 Å². The Morgan fingerprint density at radius 2 is 1.89 bits per heavy atom. The average molecular weight is 374 g/mol. The molecule has 0 radical (unpaired) electrons.